The number of nitrogens with one attached hydrogen (secondary N) is 1. The first-order valence-corrected chi connectivity index (χ1v) is 8.03. The van der Waals surface area contributed by atoms with Crippen LogP contribution in [0.5, 0.6) is 0 Å². The SMILES string of the molecule is O=C(NCC1CC(c2ccccc2)C1)c1c(Cl)cncc1Cl. The molecule has 1 N–H and O–H groups in total. The molecule has 0 atom stereocenters. The summed E-state index contributed by atoms with van der Waals surface area (Å²) in [6, 6.07) is 10.5. The van der Waals surface area contributed by atoms with E-state index in [1.54, 1.807) is 0 Å². The Morgan fingerprint density at radius 1 is 1.14 bits per heavy atom. The van der Waals surface area contributed by atoms with Gasteiger partial charge >= 0.3 is 0 Å². The molecule has 1 heterocycles. The van der Waals surface area contributed by atoms with Crippen LogP contribution in [-0.4, -0.2) is 17.4 Å². The maximum atomic E-state index is 12.2. The molecule has 0 radical (unpaired) electrons. The lowest BCUT2D eigenvalue weighted by atomic mass is 9.71. The number of aromatic nitrogens is 1. The lowest BCUT2D eigenvalue weighted by Gasteiger charge is -2.35. The highest BCUT2D eigenvalue weighted by Gasteiger charge is 2.30. The van der Waals surface area contributed by atoms with Crippen LogP contribution in [0, 0.1) is 5.92 Å². The van der Waals surface area contributed by atoms with E-state index in [9.17, 15) is 4.79 Å². The van der Waals surface area contributed by atoms with E-state index in [-0.39, 0.29) is 16.0 Å². The first kappa shape index (κ1) is 15.3. The summed E-state index contributed by atoms with van der Waals surface area (Å²) >= 11 is 12.0. The van der Waals surface area contributed by atoms with Crippen molar-refractivity contribution in [2.45, 2.75) is 18.8 Å². The zero-order valence-electron chi connectivity index (χ0n) is 11.9. The minimum Gasteiger partial charge on any atom is -0.352 e. The van der Waals surface area contributed by atoms with Crippen molar-refractivity contribution in [3.8, 4) is 0 Å². The zero-order chi connectivity index (χ0) is 15.5. The van der Waals surface area contributed by atoms with Gasteiger partial charge < -0.3 is 5.32 Å². The summed E-state index contributed by atoms with van der Waals surface area (Å²) < 4.78 is 0. The number of carbonyl (C=O) groups excluding carboxylic acids is 1. The predicted octanol–water partition coefficient (Wildman–Crippen LogP) is 4.31. The van der Waals surface area contributed by atoms with Crippen LogP contribution in [0.2, 0.25) is 10.0 Å². The van der Waals surface area contributed by atoms with E-state index in [1.165, 1.54) is 18.0 Å². The van der Waals surface area contributed by atoms with Gasteiger partial charge in [0, 0.05) is 18.9 Å². The van der Waals surface area contributed by atoms with Gasteiger partial charge in [-0.25, -0.2) is 0 Å². The van der Waals surface area contributed by atoms with Crippen LogP contribution in [0.3, 0.4) is 0 Å². The van der Waals surface area contributed by atoms with Crippen molar-refractivity contribution < 1.29 is 4.79 Å². The number of hydrogen-bond acceptors (Lipinski definition) is 2. The molecule has 0 aliphatic heterocycles. The number of halogens is 2. The third-order valence-electron chi connectivity index (χ3n) is 4.14. The molecule has 3 nitrogen and oxygen atoms in total. The fourth-order valence-corrected chi connectivity index (χ4v) is 3.39. The maximum Gasteiger partial charge on any atom is 0.254 e. The van der Waals surface area contributed by atoms with Crippen molar-refractivity contribution in [3.63, 3.8) is 0 Å². The van der Waals surface area contributed by atoms with E-state index in [2.05, 4.69) is 34.6 Å². The Labute approximate surface area is 139 Å². The van der Waals surface area contributed by atoms with Crippen molar-refractivity contribution in [1.29, 1.82) is 0 Å². The van der Waals surface area contributed by atoms with E-state index >= 15 is 0 Å². The van der Waals surface area contributed by atoms with E-state index in [4.69, 9.17) is 23.2 Å². The number of hydrogen-bond donors (Lipinski definition) is 1. The largest absolute Gasteiger partial charge is 0.352 e. The summed E-state index contributed by atoms with van der Waals surface area (Å²) in [5, 5.41) is 3.48. The van der Waals surface area contributed by atoms with E-state index in [1.807, 2.05) is 6.07 Å². The Balaban J connectivity index is 1.51. The summed E-state index contributed by atoms with van der Waals surface area (Å²) in [6.45, 7) is 0.650. The van der Waals surface area contributed by atoms with E-state index in [0.29, 0.717) is 23.9 Å². The molecular weight excluding hydrogens is 319 g/mol. The Bertz CT molecular complexity index is 649. The van der Waals surface area contributed by atoms with Gasteiger partial charge in [0.05, 0.1) is 15.6 Å². The molecule has 1 aromatic heterocycles. The van der Waals surface area contributed by atoms with Crippen molar-refractivity contribution in [2.24, 2.45) is 5.92 Å². The Kier molecular flexibility index (Phi) is 4.65. The summed E-state index contributed by atoms with van der Waals surface area (Å²) in [5.74, 6) is 0.880. The first-order valence-electron chi connectivity index (χ1n) is 7.27. The highest BCUT2D eigenvalue weighted by molar-refractivity contribution is 6.39. The minimum absolute atomic E-state index is 0.236. The molecule has 1 saturated carbocycles. The van der Waals surface area contributed by atoms with Crippen molar-refractivity contribution in [1.82, 2.24) is 10.3 Å². The number of amides is 1. The van der Waals surface area contributed by atoms with Gasteiger partial charge in [-0.1, -0.05) is 53.5 Å². The smallest absolute Gasteiger partial charge is 0.254 e. The molecule has 2 aromatic rings. The lowest BCUT2D eigenvalue weighted by molar-refractivity contribution is 0.0935. The third-order valence-corrected chi connectivity index (χ3v) is 4.71. The van der Waals surface area contributed by atoms with Crippen molar-refractivity contribution in [3.05, 3.63) is 63.9 Å². The minimum atomic E-state index is -0.236. The fraction of sp³-hybridized carbons (Fsp3) is 0.294. The Morgan fingerprint density at radius 2 is 1.77 bits per heavy atom. The molecule has 1 fully saturated rings. The second kappa shape index (κ2) is 6.67. The molecule has 1 aromatic carbocycles. The molecular formula is C17H16Cl2N2O. The van der Waals surface area contributed by atoms with Gasteiger partial charge in [-0.15, -0.1) is 0 Å². The van der Waals surface area contributed by atoms with Gasteiger partial charge in [0.15, 0.2) is 0 Å². The van der Waals surface area contributed by atoms with Gasteiger partial charge in [-0.2, -0.15) is 0 Å². The molecule has 0 unspecified atom stereocenters. The number of rotatable bonds is 4. The summed E-state index contributed by atoms with van der Waals surface area (Å²) in [4.78, 5) is 16.0. The first-order chi connectivity index (χ1) is 10.6. The summed E-state index contributed by atoms with van der Waals surface area (Å²) in [7, 11) is 0. The fourth-order valence-electron chi connectivity index (χ4n) is 2.85. The van der Waals surface area contributed by atoms with Gasteiger partial charge in [0.2, 0.25) is 0 Å². The number of carbonyl (C=O) groups is 1. The van der Waals surface area contributed by atoms with Crippen LogP contribution in [0.1, 0.15) is 34.7 Å². The highest BCUT2D eigenvalue weighted by Crippen LogP contribution is 2.41. The van der Waals surface area contributed by atoms with Crippen LogP contribution < -0.4 is 5.32 Å². The second-order valence-electron chi connectivity index (χ2n) is 5.63. The molecule has 5 heteroatoms. The van der Waals surface area contributed by atoms with Crippen LogP contribution in [-0.2, 0) is 0 Å². The van der Waals surface area contributed by atoms with Crippen molar-refractivity contribution >= 4 is 29.1 Å². The molecule has 114 valence electrons. The van der Waals surface area contributed by atoms with Crippen LogP contribution in [0.4, 0.5) is 0 Å². The maximum absolute atomic E-state index is 12.2. The van der Waals surface area contributed by atoms with Gasteiger partial charge in [-0.3, -0.25) is 9.78 Å². The number of nitrogens with zero attached hydrogens (tertiary/aromatic N) is 1. The molecule has 22 heavy (non-hydrogen) atoms. The monoisotopic (exact) mass is 334 g/mol. The second-order valence-corrected chi connectivity index (χ2v) is 6.45. The van der Waals surface area contributed by atoms with Crippen LogP contribution >= 0.6 is 23.2 Å². The average Bonchev–Trinajstić information content (AvgIpc) is 2.46. The van der Waals surface area contributed by atoms with Gasteiger partial charge in [0.25, 0.3) is 5.91 Å². The van der Waals surface area contributed by atoms with Crippen molar-refractivity contribution in [2.75, 3.05) is 6.54 Å². The average molecular weight is 335 g/mol. The van der Waals surface area contributed by atoms with E-state index < -0.39 is 0 Å². The summed E-state index contributed by atoms with van der Waals surface area (Å²) in [6.07, 6.45) is 5.05. The molecule has 1 aliphatic carbocycles. The standard InChI is InChI=1S/C17H16Cl2N2O/c18-14-9-20-10-15(19)16(14)17(22)21-8-11-6-13(7-11)12-4-2-1-3-5-12/h1-5,9-11,13H,6-8H2,(H,21,22). The number of pyridine rings is 1. The zero-order valence-corrected chi connectivity index (χ0v) is 13.4. The molecule has 0 spiro atoms. The molecule has 3 rings (SSSR count). The van der Waals surface area contributed by atoms with Gasteiger partial charge in [0.1, 0.15) is 0 Å². The summed E-state index contributed by atoms with van der Waals surface area (Å²) in [5.41, 5.74) is 1.68. The Morgan fingerprint density at radius 3 is 2.41 bits per heavy atom. The number of benzene rings is 1. The van der Waals surface area contributed by atoms with Crippen LogP contribution in [0.15, 0.2) is 42.7 Å². The van der Waals surface area contributed by atoms with E-state index in [0.717, 1.165) is 12.8 Å². The molecule has 0 saturated heterocycles. The van der Waals surface area contributed by atoms with Gasteiger partial charge in [-0.05, 0) is 30.2 Å². The van der Waals surface area contributed by atoms with Crippen LogP contribution in [0.25, 0.3) is 0 Å². The Hall–Kier alpha value is -1.58. The molecule has 0 bridgehead atoms. The predicted molar refractivity (Wildman–Crippen MR) is 88.5 cm³/mol. The highest BCUT2D eigenvalue weighted by atomic mass is 35.5. The lowest BCUT2D eigenvalue weighted by Crippen LogP contribution is -2.35. The molecule has 1 amide bonds. The quantitative estimate of drug-likeness (QED) is 0.904. The third kappa shape index (κ3) is 3.26. The normalized spacial score (nSPS) is 20.3. The topological polar surface area (TPSA) is 42.0 Å². The molecule has 1 aliphatic rings.